The van der Waals surface area contributed by atoms with Gasteiger partial charge in [-0.25, -0.2) is 0 Å². The van der Waals surface area contributed by atoms with E-state index in [1.165, 1.54) is 0 Å². The summed E-state index contributed by atoms with van der Waals surface area (Å²) in [5, 5.41) is 9.23. The number of aryl methyl sites for hydroxylation is 1. The SMILES string of the molecule is Cc1ccccc1C(CC(=O)O)c1ccc2c(c1)OCO2. The van der Waals surface area contributed by atoms with Crippen LogP contribution >= 0.6 is 0 Å². The second-order valence-corrected chi connectivity index (χ2v) is 5.12. The molecule has 0 radical (unpaired) electrons. The maximum Gasteiger partial charge on any atom is 0.304 e. The summed E-state index contributed by atoms with van der Waals surface area (Å²) in [7, 11) is 0. The summed E-state index contributed by atoms with van der Waals surface area (Å²) in [6.45, 7) is 2.21. The molecule has 0 amide bonds. The van der Waals surface area contributed by atoms with Crippen LogP contribution in [0.15, 0.2) is 42.5 Å². The van der Waals surface area contributed by atoms with Crippen LogP contribution in [-0.4, -0.2) is 17.9 Å². The van der Waals surface area contributed by atoms with Gasteiger partial charge in [0.2, 0.25) is 6.79 Å². The van der Waals surface area contributed by atoms with E-state index in [1.807, 2.05) is 49.4 Å². The van der Waals surface area contributed by atoms with E-state index in [1.54, 1.807) is 0 Å². The van der Waals surface area contributed by atoms with E-state index < -0.39 is 5.97 Å². The Morgan fingerprint density at radius 2 is 1.95 bits per heavy atom. The topological polar surface area (TPSA) is 55.8 Å². The molecule has 0 aromatic heterocycles. The molecular weight excluding hydrogens is 268 g/mol. The Hall–Kier alpha value is -2.49. The molecule has 0 saturated heterocycles. The fourth-order valence-electron chi connectivity index (χ4n) is 2.69. The Balaban J connectivity index is 2.03. The van der Waals surface area contributed by atoms with Crippen LogP contribution in [0.5, 0.6) is 11.5 Å². The molecule has 0 aliphatic carbocycles. The average molecular weight is 284 g/mol. The van der Waals surface area contributed by atoms with Crippen LogP contribution in [0.4, 0.5) is 0 Å². The Labute approximate surface area is 122 Å². The second kappa shape index (κ2) is 5.48. The summed E-state index contributed by atoms with van der Waals surface area (Å²) in [4.78, 5) is 11.2. The van der Waals surface area contributed by atoms with Gasteiger partial charge in [-0.2, -0.15) is 0 Å². The van der Waals surface area contributed by atoms with Gasteiger partial charge in [-0.05, 0) is 35.7 Å². The zero-order valence-electron chi connectivity index (χ0n) is 11.7. The van der Waals surface area contributed by atoms with E-state index in [9.17, 15) is 9.90 Å². The van der Waals surface area contributed by atoms with Crippen LogP contribution in [0.1, 0.15) is 29.0 Å². The lowest BCUT2D eigenvalue weighted by molar-refractivity contribution is -0.137. The highest BCUT2D eigenvalue weighted by Gasteiger charge is 2.22. The molecule has 108 valence electrons. The van der Waals surface area contributed by atoms with Crippen LogP contribution < -0.4 is 9.47 Å². The number of aliphatic carboxylic acids is 1. The quantitative estimate of drug-likeness (QED) is 0.935. The lowest BCUT2D eigenvalue weighted by atomic mass is 9.86. The Bertz CT molecular complexity index is 678. The Morgan fingerprint density at radius 3 is 2.71 bits per heavy atom. The molecular formula is C17H16O4. The number of rotatable bonds is 4. The number of carboxylic acids is 1. The highest BCUT2D eigenvalue weighted by molar-refractivity contribution is 5.69. The van der Waals surface area contributed by atoms with E-state index in [0.29, 0.717) is 11.5 Å². The molecule has 4 nitrogen and oxygen atoms in total. The van der Waals surface area contributed by atoms with Gasteiger partial charge in [-0.15, -0.1) is 0 Å². The van der Waals surface area contributed by atoms with Gasteiger partial charge >= 0.3 is 5.97 Å². The normalized spacial score (nSPS) is 14.0. The summed E-state index contributed by atoms with van der Waals surface area (Å²) in [5.74, 6) is 0.369. The third-order valence-electron chi connectivity index (χ3n) is 3.74. The number of carboxylic acid groups (broad SMARTS) is 1. The van der Waals surface area contributed by atoms with E-state index in [4.69, 9.17) is 9.47 Å². The second-order valence-electron chi connectivity index (χ2n) is 5.12. The molecule has 1 aliphatic heterocycles. The molecule has 0 saturated carbocycles. The number of carbonyl (C=O) groups is 1. The fraction of sp³-hybridized carbons (Fsp3) is 0.235. The van der Waals surface area contributed by atoms with Gasteiger partial charge in [0, 0.05) is 5.92 Å². The maximum atomic E-state index is 11.2. The van der Waals surface area contributed by atoms with Crippen molar-refractivity contribution in [3.05, 3.63) is 59.2 Å². The van der Waals surface area contributed by atoms with Crippen molar-refractivity contribution in [1.82, 2.24) is 0 Å². The van der Waals surface area contributed by atoms with Crippen molar-refractivity contribution in [2.24, 2.45) is 0 Å². The number of ether oxygens (including phenoxy) is 2. The van der Waals surface area contributed by atoms with E-state index in [0.717, 1.165) is 16.7 Å². The van der Waals surface area contributed by atoms with E-state index in [-0.39, 0.29) is 19.1 Å². The van der Waals surface area contributed by atoms with Crippen molar-refractivity contribution in [3.8, 4) is 11.5 Å². The maximum absolute atomic E-state index is 11.2. The van der Waals surface area contributed by atoms with Gasteiger partial charge in [0.05, 0.1) is 6.42 Å². The zero-order chi connectivity index (χ0) is 14.8. The first-order valence-corrected chi connectivity index (χ1v) is 6.82. The number of fused-ring (bicyclic) bond motifs is 1. The average Bonchev–Trinajstić information content (AvgIpc) is 2.93. The molecule has 2 aromatic rings. The summed E-state index contributed by atoms with van der Waals surface area (Å²) in [6.07, 6.45) is 0.0461. The van der Waals surface area contributed by atoms with Crippen molar-refractivity contribution in [2.75, 3.05) is 6.79 Å². The van der Waals surface area contributed by atoms with E-state index >= 15 is 0 Å². The largest absolute Gasteiger partial charge is 0.481 e. The van der Waals surface area contributed by atoms with Crippen LogP contribution in [0.3, 0.4) is 0 Å². The lowest BCUT2D eigenvalue weighted by Crippen LogP contribution is -2.09. The molecule has 1 aliphatic rings. The van der Waals surface area contributed by atoms with Crippen molar-refractivity contribution in [1.29, 1.82) is 0 Å². The fourth-order valence-corrected chi connectivity index (χ4v) is 2.69. The van der Waals surface area contributed by atoms with Crippen molar-refractivity contribution in [3.63, 3.8) is 0 Å². The first-order chi connectivity index (χ1) is 10.1. The molecule has 1 unspecified atom stereocenters. The van der Waals surface area contributed by atoms with Crippen molar-refractivity contribution in [2.45, 2.75) is 19.3 Å². The van der Waals surface area contributed by atoms with Crippen LogP contribution in [-0.2, 0) is 4.79 Å². The zero-order valence-corrected chi connectivity index (χ0v) is 11.7. The van der Waals surface area contributed by atoms with Gasteiger partial charge in [-0.3, -0.25) is 4.79 Å². The van der Waals surface area contributed by atoms with Crippen LogP contribution in [0.2, 0.25) is 0 Å². The lowest BCUT2D eigenvalue weighted by Gasteiger charge is -2.18. The van der Waals surface area contributed by atoms with Gasteiger partial charge in [0.25, 0.3) is 0 Å². The van der Waals surface area contributed by atoms with Gasteiger partial charge in [-0.1, -0.05) is 30.3 Å². The summed E-state index contributed by atoms with van der Waals surface area (Å²) < 4.78 is 10.7. The smallest absolute Gasteiger partial charge is 0.304 e. The molecule has 0 fully saturated rings. The van der Waals surface area contributed by atoms with Gasteiger partial charge in [0.15, 0.2) is 11.5 Å². The molecule has 21 heavy (non-hydrogen) atoms. The minimum atomic E-state index is -0.819. The summed E-state index contributed by atoms with van der Waals surface area (Å²) in [5.41, 5.74) is 3.04. The standard InChI is InChI=1S/C17H16O4/c1-11-4-2-3-5-13(11)14(9-17(18)19)12-6-7-15-16(8-12)21-10-20-15/h2-8,14H,9-10H2,1H3,(H,18,19). The van der Waals surface area contributed by atoms with Crippen molar-refractivity contribution >= 4 is 5.97 Å². The van der Waals surface area contributed by atoms with E-state index in [2.05, 4.69) is 0 Å². The van der Waals surface area contributed by atoms with Crippen molar-refractivity contribution < 1.29 is 19.4 Å². The Morgan fingerprint density at radius 1 is 1.19 bits per heavy atom. The minimum absolute atomic E-state index is 0.0461. The van der Waals surface area contributed by atoms with Gasteiger partial charge < -0.3 is 14.6 Å². The summed E-state index contributed by atoms with van der Waals surface area (Å²) >= 11 is 0. The third kappa shape index (κ3) is 2.70. The molecule has 0 spiro atoms. The molecule has 1 heterocycles. The first kappa shape index (κ1) is 13.5. The number of benzene rings is 2. The molecule has 1 atom stereocenters. The predicted octanol–water partition coefficient (Wildman–Crippen LogP) is 3.33. The highest BCUT2D eigenvalue weighted by Crippen LogP contribution is 2.38. The molecule has 3 rings (SSSR count). The van der Waals surface area contributed by atoms with Crippen LogP contribution in [0, 0.1) is 6.92 Å². The Kier molecular flexibility index (Phi) is 3.52. The first-order valence-electron chi connectivity index (χ1n) is 6.82. The van der Waals surface area contributed by atoms with Gasteiger partial charge in [0.1, 0.15) is 0 Å². The minimum Gasteiger partial charge on any atom is -0.481 e. The monoisotopic (exact) mass is 284 g/mol. The predicted molar refractivity (Wildman–Crippen MR) is 77.8 cm³/mol. The van der Waals surface area contributed by atoms with Crippen LogP contribution in [0.25, 0.3) is 0 Å². The number of hydrogen-bond acceptors (Lipinski definition) is 3. The molecule has 4 heteroatoms. The third-order valence-corrected chi connectivity index (χ3v) is 3.74. The molecule has 1 N–H and O–H groups in total. The molecule has 2 aromatic carbocycles. The summed E-state index contributed by atoms with van der Waals surface area (Å²) in [6, 6.07) is 13.5. The highest BCUT2D eigenvalue weighted by atomic mass is 16.7. The number of hydrogen-bond donors (Lipinski definition) is 1. The molecule has 0 bridgehead atoms.